The molecule has 20 heavy (non-hydrogen) atoms. The normalized spacial score (nSPS) is 19.3. The molecule has 1 unspecified atom stereocenters. The number of halogens is 1. The molecule has 3 nitrogen and oxygen atoms in total. The number of rotatable bonds is 6. The van der Waals surface area contributed by atoms with Gasteiger partial charge in [0, 0.05) is 18.7 Å². The van der Waals surface area contributed by atoms with Crippen LogP contribution in [0.15, 0.2) is 18.2 Å². The van der Waals surface area contributed by atoms with Crippen molar-refractivity contribution in [3.8, 4) is 5.75 Å². The minimum atomic E-state index is -0.224. The Hall–Kier alpha value is -1.13. The molecule has 0 spiro atoms. The van der Waals surface area contributed by atoms with Crippen molar-refractivity contribution in [3.05, 3.63) is 29.6 Å². The zero-order valence-corrected chi connectivity index (χ0v) is 12.3. The average Bonchev–Trinajstić information content (AvgIpc) is 2.42. The van der Waals surface area contributed by atoms with Crippen molar-refractivity contribution < 1.29 is 13.9 Å². The van der Waals surface area contributed by atoms with Crippen molar-refractivity contribution in [1.29, 1.82) is 0 Å². The maximum absolute atomic E-state index is 13.4. The molecule has 1 heterocycles. The molecule has 2 rings (SSSR count). The Balaban J connectivity index is 1.98. The van der Waals surface area contributed by atoms with Crippen molar-refractivity contribution in [2.45, 2.75) is 39.3 Å². The smallest absolute Gasteiger partial charge is 0.124 e. The van der Waals surface area contributed by atoms with Crippen LogP contribution in [0.4, 0.5) is 4.39 Å². The molecule has 1 saturated heterocycles. The van der Waals surface area contributed by atoms with E-state index in [4.69, 9.17) is 9.47 Å². The zero-order valence-electron chi connectivity index (χ0n) is 12.3. The van der Waals surface area contributed by atoms with Crippen LogP contribution < -0.4 is 10.1 Å². The van der Waals surface area contributed by atoms with Gasteiger partial charge in [0.1, 0.15) is 17.7 Å². The van der Waals surface area contributed by atoms with Crippen molar-refractivity contribution in [3.63, 3.8) is 0 Å². The monoisotopic (exact) mass is 281 g/mol. The third-order valence-electron chi connectivity index (χ3n) is 3.30. The molecule has 0 radical (unpaired) electrons. The Kier molecular flexibility index (Phi) is 5.80. The van der Waals surface area contributed by atoms with E-state index in [1.807, 2.05) is 0 Å². The first-order chi connectivity index (χ1) is 9.65. The van der Waals surface area contributed by atoms with Crippen LogP contribution in [0, 0.1) is 11.7 Å². The fourth-order valence-corrected chi connectivity index (χ4v) is 2.28. The second-order valence-electron chi connectivity index (χ2n) is 5.73. The second-order valence-corrected chi connectivity index (χ2v) is 5.73. The van der Waals surface area contributed by atoms with E-state index < -0.39 is 0 Å². The topological polar surface area (TPSA) is 30.5 Å². The molecule has 1 fully saturated rings. The minimum absolute atomic E-state index is 0.0815. The molecule has 1 atom stereocenters. The first-order valence-electron chi connectivity index (χ1n) is 7.38. The maximum Gasteiger partial charge on any atom is 0.124 e. The summed E-state index contributed by atoms with van der Waals surface area (Å²) in [5.74, 6) is 1.11. The Bertz CT molecular complexity index is 417. The quantitative estimate of drug-likeness (QED) is 0.869. The number of benzene rings is 1. The van der Waals surface area contributed by atoms with Gasteiger partial charge >= 0.3 is 0 Å². The van der Waals surface area contributed by atoms with Gasteiger partial charge in [-0.3, -0.25) is 0 Å². The molecule has 0 bridgehead atoms. The van der Waals surface area contributed by atoms with Crippen LogP contribution in [-0.4, -0.2) is 25.9 Å². The highest BCUT2D eigenvalue weighted by Gasteiger charge is 2.17. The molecule has 1 aliphatic rings. The van der Waals surface area contributed by atoms with Gasteiger partial charge < -0.3 is 14.8 Å². The minimum Gasteiger partial charge on any atom is -0.488 e. The van der Waals surface area contributed by atoms with Gasteiger partial charge in [-0.1, -0.05) is 13.8 Å². The summed E-state index contributed by atoms with van der Waals surface area (Å²) < 4.78 is 24.8. The third kappa shape index (κ3) is 4.76. The Morgan fingerprint density at radius 1 is 1.45 bits per heavy atom. The number of nitrogens with one attached hydrogen (secondary N) is 1. The van der Waals surface area contributed by atoms with Gasteiger partial charge in [0.25, 0.3) is 0 Å². The lowest BCUT2D eigenvalue weighted by Gasteiger charge is -2.24. The van der Waals surface area contributed by atoms with Crippen molar-refractivity contribution in [2.75, 3.05) is 19.8 Å². The summed E-state index contributed by atoms with van der Waals surface area (Å²) >= 11 is 0. The van der Waals surface area contributed by atoms with Gasteiger partial charge in [-0.25, -0.2) is 4.39 Å². The number of hydrogen-bond donors (Lipinski definition) is 1. The molecule has 0 amide bonds. The third-order valence-corrected chi connectivity index (χ3v) is 3.30. The van der Waals surface area contributed by atoms with Gasteiger partial charge in [0.15, 0.2) is 0 Å². The molecule has 112 valence electrons. The lowest BCUT2D eigenvalue weighted by molar-refractivity contribution is 0.00697. The summed E-state index contributed by atoms with van der Waals surface area (Å²) in [5, 5.41) is 3.33. The predicted molar refractivity (Wildman–Crippen MR) is 77.4 cm³/mol. The van der Waals surface area contributed by atoms with Crippen molar-refractivity contribution >= 4 is 0 Å². The van der Waals surface area contributed by atoms with Crippen LogP contribution in [-0.2, 0) is 11.3 Å². The standard InChI is InChI=1S/C16H24FNO2/c1-12(2)9-18-10-13-8-14(17)5-6-16(13)20-15-4-3-7-19-11-15/h5-6,8,12,15,18H,3-4,7,9-11H2,1-2H3. The zero-order chi connectivity index (χ0) is 14.4. The molecule has 1 aromatic carbocycles. The van der Waals surface area contributed by atoms with E-state index in [9.17, 15) is 4.39 Å². The predicted octanol–water partition coefficient (Wildman–Crippen LogP) is 3.13. The highest BCUT2D eigenvalue weighted by molar-refractivity contribution is 5.34. The molecule has 0 saturated carbocycles. The highest BCUT2D eigenvalue weighted by atomic mass is 19.1. The SMILES string of the molecule is CC(C)CNCc1cc(F)ccc1OC1CCCOC1. The largest absolute Gasteiger partial charge is 0.488 e. The van der Waals surface area contributed by atoms with E-state index >= 15 is 0 Å². The van der Waals surface area contributed by atoms with Gasteiger partial charge in [-0.15, -0.1) is 0 Å². The lowest BCUT2D eigenvalue weighted by atomic mass is 10.1. The van der Waals surface area contributed by atoms with Crippen LogP contribution >= 0.6 is 0 Å². The fourth-order valence-electron chi connectivity index (χ4n) is 2.28. The summed E-state index contributed by atoms with van der Waals surface area (Å²) in [6, 6.07) is 4.72. The molecule has 4 heteroatoms. The summed E-state index contributed by atoms with van der Waals surface area (Å²) in [5.41, 5.74) is 0.872. The first kappa shape index (κ1) is 15.3. The van der Waals surface area contributed by atoms with Crippen molar-refractivity contribution in [2.24, 2.45) is 5.92 Å². The Labute approximate surface area is 120 Å². The van der Waals surface area contributed by atoms with Crippen LogP contribution in [0.5, 0.6) is 5.75 Å². The number of ether oxygens (including phenoxy) is 2. The van der Waals surface area contributed by atoms with Gasteiger partial charge in [-0.2, -0.15) is 0 Å². The van der Waals surface area contributed by atoms with Gasteiger partial charge in [-0.05, 0) is 43.5 Å². The molecule has 1 aliphatic heterocycles. The summed E-state index contributed by atoms with van der Waals surface area (Å²) in [7, 11) is 0. The first-order valence-corrected chi connectivity index (χ1v) is 7.38. The van der Waals surface area contributed by atoms with Crippen LogP contribution in [0.2, 0.25) is 0 Å². The van der Waals surface area contributed by atoms with E-state index in [0.29, 0.717) is 19.1 Å². The molecule has 1 aromatic rings. The van der Waals surface area contributed by atoms with E-state index in [1.165, 1.54) is 6.07 Å². The fraction of sp³-hybridized carbons (Fsp3) is 0.625. The summed E-state index contributed by atoms with van der Waals surface area (Å²) in [6.07, 6.45) is 2.10. The van der Waals surface area contributed by atoms with Gasteiger partial charge in [0.2, 0.25) is 0 Å². The summed E-state index contributed by atoms with van der Waals surface area (Å²) in [6.45, 7) is 7.26. The van der Waals surface area contributed by atoms with E-state index in [2.05, 4.69) is 19.2 Å². The van der Waals surface area contributed by atoms with Gasteiger partial charge in [0.05, 0.1) is 6.61 Å². The molecule has 0 aromatic heterocycles. The van der Waals surface area contributed by atoms with Crippen LogP contribution in [0.3, 0.4) is 0 Å². The maximum atomic E-state index is 13.4. The molecule has 0 aliphatic carbocycles. The van der Waals surface area contributed by atoms with E-state index in [0.717, 1.165) is 37.3 Å². The Morgan fingerprint density at radius 3 is 3.00 bits per heavy atom. The second kappa shape index (κ2) is 7.60. The Morgan fingerprint density at radius 2 is 2.30 bits per heavy atom. The molecular weight excluding hydrogens is 257 g/mol. The highest BCUT2D eigenvalue weighted by Crippen LogP contribution is 2.23. The van der Waals surface area contributed by atoms with Crippen LogP contribution in [0.1, 0.15) is 32.3 Å². The van der Waals surface area contributed by atoms with Crippen molar-refractivity contribution in [1.82, 2.24) is 5.32 Å². The lowest BCUT2D eigenvalue weighted by Crippen LogP contribution is -2.28. The molecule has 1 N–H and O–H groups in total. The van der Waals surface area contributed by atoms with Crippen LogP contribution in [0.25, 0.3) is 0 Å². The van der Waals surface area contributed by atoms with E-state index in [1.54, 1.807) is 12.1 Å². The average molecular weight is 281 g/mol. The van der Waals surface area contributed by atoms with E-state index in [-0.39, 0.29) is 11.9 Å². The molecular formula is C16H24FNO2. The summed E-state index contributed by atoms with van der Waals surface area (Å²) in [4.78, 5) is 0. The number of hydrogen-bond acceptors (Lipinski definition) is 3.